The van der Waals surface area contributed by atoms with Crippen LogP contribution >= 0.6 is 11.6 Å². The van der Waals surface area contributed by atoms with Crippen LogP contribution in [0, 0.1) is 5.82 Å². The van der Waals surface area contributed by atoms with Crippen LogP contribution in [0.15, 0.2) is 24.3 Å². The molecule has 0 spiro atoms. The number of hydrogen-bond acceptors (Lipinski definition) is 2. The van der Waals surface area contributed by atoms with Crippen LogP contribution in [0.25, 0.3) is 0 Å². The lowest BCUT2D eigenvalue weighted by Crippen LogP contribution is -2.08. The molecule has 1 heterocycles. The Hall–Kier alpha value is -1.39. The van der Waals surface area contributed by atoms with Crippen molar-refractivity contribution in [1.82, 2.24) is 9.78 Å². The van der Waals surface area contributed by atoms with E-state index in [1.807, 2.05) is 13.0 Å². The lowest BCUT2D eigenvalue weighted by atomic mass is 10.1. The second-order valence-electron chi connectivity index (χ2n) is 4.49. The van der Waals surface area contributed by atoms with Gasteiger partial charge in [-0.05, 0) is 30.2 Å². The molecular formula is C14H16ClFN2O. The van der Waals surface area contributed by atoms with Crippen molar-refractivity contribution < 1.29 is 9.50 Å². The number of hydrogen-bond donors (Lipinski definition) is 1. The summed E-state index contributed by atoms with van der Waals surface area (Å²) in [6.45, 7) is 2.01. The van der Waals surface area contributed by atoms with E-state index in [0.717, 1.165) is 23.4 Å². The Balaban J connectivity index is 2.20. The Morgan fingerprint density at radius 2 is 2.16 bits per heavy atom. The molecule has 0 fully saturated rings. The normalized spacial score (nSPS) is 12.7. The smallest absolute Gasteiger partial charge is 0.124 e. The monoisotopic (exact) mass is 282 g/mol. The van der Waals surface area contributed by atoms with Crippen molar-refractivity contribution in [3.63, 3.8) is 0 Å². The molecule has 1 aromatic carbocycles. The highest BCUT2D eigenvalue weighted by Gasteiger charge is 2.16. The summed E-state index contributed by atoms with van der Waals surface area (Å²) in [6, 6.07) is 6.07. The Morgan fingerprint density at radius 3 is 2.74 bits per heavy atom. The molecule has 0 radical (unpaired) electrons. The molecule has 0 amide bonds. The molecule has 19 heavy (non-hydrogen) atoms. The van der Waals surface area contributed by atoms with E-state index < -0.39 is 6.10 Å². The van der Waals surface area contributed by atoms with Gasteiger partial charge in [0.1, 0.15) is 5.82 Å². The zero-order valence-corrected chi connectivity index (χ0v) is 11.7. The van der Waals surface area contributed by atoms with Gasteiger partial charge in [0.25, 0.3) is 0 Å². The van der Waals surface area contributed by atoms with Crippen molar-refractivity contribution in [1.29, 1.82) is 0 Å². The Bertz CT molecular complexity index is 583. The summed E-state index contributed by atoms with van der Waals surface area (Å²) in [4.78, 5) is 0. The Morgan fingerprint density at radius 1 is 1.42 bits per heavy atom. The van der Waals surface area contributed by atoms with E-state index in [1.54, 1.807) is 17.8 Å². The second-order valence-corrected chi connectivity index (χ2v) is 4.90. The third-order valence-corrected chi connectivity index (χ3v) is 3.45. The third kappa shape index (κ3) is 3.14. The molecule has 1 aromatic heterocycles. The predicted octanol–water partition coefficient (Wildman–Crippen LogP) is 3.05. The maximum atomic E-state index is 13.0. The third-order valence-electron chi connectivity index (χ3n) is 3.10. The largest absolute Gasteiger partial charge is 0.386 e. The number of aliphatic hydroxyl groups excluding tert-OH is 1. The minimum atomic E-state index is -0.708. The number of nitrogens with zero attached hydrogens (tertiary/aromatic N) is 2. The summed E-state index contributed by atoms with van der Waals surface area (Å²) in [5.41, 5.74) is 2.38. The van der Waals surface area contributed by atoms with Gasteiger partial charge in [0.05, 0.1) is 17.5 Å². The number of halogens is 2. The standard InChI is InChI=1S/C14H16ClFN2O/c1-3-11-8-13(18(2)17-11)14(19)6-9-4-5-10(16)7-12(9)15/h4-5,7-8,14,19H,3,6H2,1-2H3. The van der Waals surface area contributed by atoms with E-state index in [-0.39, 0.29) is 5.82 Å². The summed E-state index contributed by atoms with van der Waals surface area (Å²) >= 11 is 5.96. The molecule has 0 bridgehead atoms. The minimum Gasteiger partial charge on any atom is -0.386 e. The van der Waals surface area contributed by atoms with Crippen molar-refractivity contribution in [2.45, 2.75) is 25.9 Å². The fourth-order valence-corrected chi connectivity index (χ4v) is 2.27. The van der Waals surface area contributed by atoms with E-state index in [0.29, 0.717) is 11.4 Å². The maximum Gasteiger partial charge on any atom is 0.124 e. The lowest BCUT2D eigenvalue weighted by Gasteiger charge is -2.12. The summed E-state index contributed by atoms with van der Waals surface area (Å²) in [5.74, 6) is -0.378. The molecular weight excluding hydrogens is 267 g/mol. The zero-order chi connectivity index (χ0) is 14.0. The van der Waals surface area contributed by atoms with Gasteiger partial charge in [-0.2, -0.15) is 5.10 Å². The topological polar surface area (TPSA) is 38.0 Å². The molecule has 3 nitrogen and oxygen atoms in total. The van der Waals surface area contributed by atoms with E-state index >= 15 is 0 Å². The fourth-order valence-electron chi connectivity index (χ4n) is 2.03. The number of aliphatic hydroxyl groups is 1. The van der Waals surface area contributed by atoms with Crippen molar-refractivity contribution in [2.75, 3.05) is 0 Å². The van der Waals surface area contributed by atoms with Gasteiger partial charge in [0, 0.05) is 18.5 Å². The van der Waals surface area contributed by atoms with Crippen LogP contribution in [0.3, 0.4) is 0 Å². The summed E-state index contributed by atoms with van der Waals surface area (Å²) in [5, 5.41) is 14.9. The van der Waals surface area contributed by atoms with Gasteiger partial charge in [-0.25, -0.2) is 4.39 Å². The molecule has 1 atom stereocenters. The van der Waals surface area contributed by atoms with Gasteiger partial charge in [-0.15, -0.1) is 0 Å². The van der Waals surface area contributed by atoms with E-state index in [9.17, 15) is 9.50 Å². The molecule has 0 saturated carbocycles. The molecule has 5 heteroatoms. The Labute approximate surface area is 116 Å². The molecule has 2 rings (SSSR count). The van der Waals surface area contributed by atoms with Gasteiger partial charge in [-0.3, -0.25) is 4.68 Å². The first-order valence-electron chi connectivity index (χ1n) is 6.16. The van der Waals surface area contributed by atoms with Crippen molar-refractivity contribution in [3.05, 3.63) is 52.1 Å². The molecule has 0 saturated heterocycles. The van der Waals surface area contributed by atoms with Gasteiger partial charge in [0.2, 0.25) is 0 Å². The highest BCUT2D eigenvalue weighted by molar-refractivity contribution is 6.31. The molecule has 1 N–H and O–H groups in total. The van der Waals surface area contributed by atoms with Gasteiger partial charge in [0.15, 0.2) is 0 Å². The van der Waals surface area contributed by atoms with Gasteiger partial charge in [-0.1, -0.05) is 24.6 Å². The molecule has 102 valence electrons. The summed E-state index contributed by atoms with van der Waals surface area (Å²) in [6.07, 6.45) is 0.445. The maximum absolute atomic E-state index is 13.0. The highest BCUT2D eigenvalue weighted by Crippen LogP contribution is 2.24. The number of aromatic nitrogens is 2. The molecule has 0 aliphatic rings. The first kappa shape index (κ1) is 14.0. The van der Waals surface area contributed by atoms with E-state index in [2.05, 4.69) is 5.10 Å². The van der Waals surface area contributed by atoms with Crippen LogP contribution < -0.4 is 0 Å². The van der Waals surface area contributed by atoms with Crippen LogP contribution in [-0.2, 0) is 19.9 Å². The van der Waals surface area contributed by atoms with Gasteiger partial charge >= 0.3 is 0 Å². The van der Waals surface area contributed by atoms with Crippen LogP contribution in [-0.4, -0.2) is 14.9 Å². The lowest BCUT2D eigenvalue weighted by molar-refractivity contribution is 0.168. The number of aryl methyl sites for hydroxylation is 2. The Kier molecular flexibility index (Phi) is 4.22. The average molecular weight is 283 g/mol. The average Bonchev–Trinajstić information content (AvgIpc) is 2.74. The van der Waals surface area contributed by atoms with E-state index in [1.165, 1.54) is 12.1 Å². The summed E-state index contributed by atoms with van der Waals surface area (Å²) < 4.78 is 14.6. The van der Waals surface area contributed by atoms with Crippen molar-refractivity contribution >= 4 is 11.6 Å². The number of rotatable bonds is 4. The van der Waals surface area contributed by atoms with Crippen LogP contribution in [0.2, 0.25) is 5.02 Å². The van der Waals surface area contributed by atoms with Crippen LogP contribution in [0.1, 0.15) is 30.0 Å². The molecule has 0 aliphatic heterocycles. The number of benzene rings is 1. The highest BCUT2D eigenvalue weighted by atomic mass is 35.5. The molecule has 0 aliphatic carbocycles. The SMILES string of the molecule is CCc1cc(C(O)Cc2ccc(F)cc2Cl)n(C)n1. The fraction of sp³-hybridized carbons (Fsp3) is 0.357. The van der Waals surface area contributed by atoms with E-state index in [4.69, 9.17) is 11.6 Å². The van der Waals surface area contributed by atoms with Gasteiger partial charge < -0.3 is 5.11 Å². The summed E-state index contributed by atoms with van der Waals surface area (Å²) in [7, 11) is 1.80. The van der Waals surface area contributed by atoms with Crippen LogP contribution in [0.4, 0.5) is 4.39 Å². The molecule has 2 aromatic rings. The predicted molar refractivity (Wildman–Crippen MR) is 72.7 cm³/mol. The zero-order valence-electron chi connectivity index (χ0n) is 10.9. The first-order chi connectivity index (χ1) is 9.01. The quantitative estimate of drug-likeness (QED) is 0.936. The second kappa shape index (κ2) is 5.72. The minimum absolute atomic E-state index is 0.330. The molecule has 1 unspecified atom stereocenters. The van der Waals surface area contributed by atoms with Crippen LogP contribution in [0.5, 0.6) is 0 Å². The van der Waals surface area contributed by atoms with Crippen molar-refractivity contribution in [2.24, 2.45) is 7.05 Å². The van der Waals surface area contributed by atoms with Crippen molar-refractivity contribution in [3.8, 4) is 0 Å². The first-order valence-corrected chi connectivity index (χ1v) is 6.54.